The molecule has 0 atom stereocenters. The van der Waals surface area contributed by atoms with Crippen molar-refractivity contribution in [2.45, 2.75) is 45.4 Å². The van der Waals surface area contributed by atoms with E-state index in [0.717, 1.165) is 6.54 Å². The highest BCUT2D eigenvalue weighted by atomic mass is 16.6. The van der Waals surface area contributed by atoms with Crippen molar-refractivity contribution in [3.63, 3.8) is 0 Å². The van der Waals surface area contributed by atoms with Gasteiger partial charge in [-0.3, -0.25) is 4.79 Å². The van der Waals surface area contributed by atoms with Crippen molar-refractivity contribution in [2.24, 2.45) is 5.92 Å². The largest absolute Gasteiger partial charge is 0.350 e. The zero-order valence-corrected chi connectivity index (χ0v) is 10.2. The van der Waals surface area contributed by atoms with Gasteiger partial charge in [0, 0.05) is 6.54 Å². The van der Waals surface area contributed by atoms with Crippen molar-refractivity contribution < 1.29 is 9.42 Å². The summed E-state index contributed by atoms with van der Waals surface area (Å²) in [7, 11) is 0. The van der Waals surface area contributed by atoms with Crippen LogP contribution in [0.1, 0.15) is 54.7 Å². The molecule has 0 radical (unpaired) electrons. The molecule has 1 aliphatic rings. The van der Waals surface area contributed by atoms with Crippen LogP contribution in [-0.4, -0.2) is 22.8 Å². The van der Waals surface area contributed by atoms with Crippen molar-refractivity contribution >= 4 is 5.91 Å². The van der Waals surface area contributed by atoms with E-state index in [2.05, 4.69) is 20.3 Å². The molecule has 0 aromatic carbocycles. The summed E-state index contributed by atoms with van der Waals surface area (Å²) in [6.45, 7) is 2.46. The van der Waals surface area contributed by atoms with E-state index in [4.69, 9.17) is 0 Å². The molecule has 1 N–H and O–H groups in total. The van der Waals surface area contributed by atoms with E-state index >= 15 is 0 Å². The van der Waals surface area contributed by atoms with E-state index in [1.54, 1.807) is 6.92 Å². The monoisotopic (exact) mass is 237 g/mol. The first-order valence-corrected chi connectivity index (χ1v) is 6.34. The Hall–Kier alpha value is -1.39. The molecular weight excluding hydrogens is 218 g/mol. The average molecular weight is 237 g/mol. The highest BCUT2D eigenvalue weighted by molar-refractivity contribution is 5.92. The molecule has 5 nitrogen and oxygen atoms in total. The molecule has 0 saturated heterocycles. The highest BCUT2D eigenvalue weighted by Crippen LogP contribution is 2.22. The fourth-order valence-electron chi connectivity index (χ4n) is 2.33. The first-order chi connectivity index (χ1) is 8.27. The summed E-state index contributed by atoms with van der Waals surface area (Å²) in [5, 5.41) is 10.1. The molecule has 1 aromatic heterocycles. The lowest BCUT2D eigenvalue weighted by atomic mass is 10.0. The van der Waals surface area contributed by atoms with Crippen LogP contribution in [0.25, 0.3) is 0 Å². The Morgan fingerprint density at radius 2 is 2.00 bits per heavy atom. The van der Waals surface area contributed by atoms with Gasteiger partial charge in [-0.2, -0.15) is 0 Å². The van der Waals surface area contributed by atoms with Gasteiger partial charge in [-0.15, -0.1) is 0 Å². The van der Waals surface area contributed by atoms with Crippen LogP contribution in [0.15, 0.2) is 4.63 Å². The predicted octanol–water partition coefficient (Wildman–Crippen LogP) is 2.08. The fourth-order valence-corrected chi connectivity index (χ4v) is 2.33. The van der Waals surface area contributed by atoms with Gasteiger partial charge in [-0.05, 0) is 30.8 Å². The lowest BCUT2D eigenvalue weighted by Gasteiger charge is -2.13. The first-order valence-electron chi connectivity index (χ1n) is 6.34. The van der Waals surface area contributed by atoms with Crippen LogP contribution >= 0.6 is 0 Å². The van der Waals surface area contributed by atoms with Crippen LogP contribution in [-0.2, 0) is 0 Å². The van der Waals surface area contributed by atoms with Crippen LogP contribution in [0.4, 0.5) is 0 Å². The lowest BCUT2D eigenvalue weighted by Crippen LogP contribution is -2.29. The van der Waals surface area contributed by atoms with E-state index in [0.29, 0.717) is 17.3 Å². The van der Waals surface area contributed by atoms with Gasteiger partial charge in [0.1, 0.15) is 5.69 Å². The Morgan fingerprint density at radius 3 is 2.59 bits per heavy atom. The van der Waals surface area contributed by atoms with Crippen LogP contribution in [0, 0.1) is 12.8 Å². The molecule has 1 aromatic rings. The third-order valence-corrected chi connectivity index (χ3v) is 3.39. The standard InChI is InChI=1S/C12H19N3O2/c1-9-11(15-17-14-9)12(16)13-8-10-6-4-2-3-5-7-10/h10H,2-8H2,1H3,(H,13,16). The summed E-state index contributed by atoms with van der Waals surface area (Å²) in [5.41, 5.74) is 0.849. The van der Waals surface area contributed by atoms with E-state index in [-0.39, 0.29) is 5.91 Å². The molecule has 1 fully saturated rings. The predicted molar refractivity (Wildman–Crippen MR) is 62.6 cm³/mol. The molecule has 2 rings (SSSR count). The molecule has 1 aliphatic carbocycles. The lowest BCUT2D eigenvalue weighted by molar-refractivity contribution is 0.0935. The Bertz CT molecular complexity index is 368. The summed E-state index contributed by atoms with van der Waals surface area (Å²) in [6.07, 6.45) is 7.66. The van der Waals surface area contributed by atoms with E-state index in [9.17, 15) is 4.79 Å². The fraction of sp³-hybridized carbons (Fsp3) is 0.750. The number of amides is 1. The Kier molecular flexibility index (Phi) is 4.12. The number of nitrogens with one attached hydrogen (secondary N) is 1. The van der Waals surface area contributed by atoms with Crippen LogP contribution in [0.3, 0.4) is 0 Å². The minimum Gasteiger partial charge on any atom is -0.350 e. The summed E-state index contributed by atoms with van der Waals surface area (Å²) in [4.78, 5) is 11.8. The third kappa shape index (κ3) is 3.28. The number of carbonyl (C=O) groups excluding carboxylic acids is 1. The van der Waals surface area contributed by atoms with Gasteiger partial charge >= 0.3 is 0 Å². The Morgan fingerprint density at radius 1 is 1.29 bits per heavy atom. The van der Waals surface area contributed by atoms with Gasteiger partial charge in [0.05, 0.1) is 0 Å². The molecular formula is C12H19N3O2. The number of hydrogen-bond acceptors (Lipinski definition) is 4. The van der Waals surface area contributed by atoms with Crippen molar-refractivity contribution in [1.29, 1.82) is 0 Å². The van der Waals surface area contributed by atoms with Gasteiger partial charge in [-0.1, -0.05) is 30.8 Å². The molecule has 5 heteroatoms. The van der Waals surface area contributed by atoms with Crippen LogP contribution in [0.5, 0.6) is 0 Å². The van der Waals surface area contributed by atoms with Gasteiger partial charge < -0.3 is 5.32 Å². The molecule has 94 valence electrons. The molecule has 0 aliphatic heterocycles. The molecule has 0 unspecified atom stereocenters. The van der Waals surface area contributed by atoms with Gasteiger partial charge in [0.2, 0.25) is 0 Å². The SMILES string of the molecule is Cc1nonc1C(=O)NCC1CCCCCC1. The summed E-state index contributed by atoms with van der Waals surface area (Å²) >= 11 is 0. The number of rotatable bonds is 3. The second-order valence-electron chi connectivity index (χ2n) is 4.77. The Labute approximate surface area is 101 Å². The summed E-state index contributed by atoms with van der Waals surface area (Å²) in [5.74, 6) is 0.439. The van der Waals surface area contributed by atoms with Crippen LogP contribution in [0.2, 0.25) is 0 Å². The normalized spacial score (nSPS) is 17.7. The first kappa shape index (κ1) is 12.1. The smallest absolute Gasteiger partial charge is 0.275 e. The third-order valence-electron chi connectivity index (χ3n) is 3.39. The van der Waals surface area contributed by atoms with Crippen molar-refractivity contribution in [3.8, 4) is 0 Å². The quantitative estimate of drug-likeness (QED) is 0.817. The van der Waals surface area contributed by atoms with Crippen LogP contribution < -0.4 is 5.32 Å². The highest BCUT2D eigenvalue weighted by Gasteiger charge is 2.17. The van der Waals surface area contributed by atoms with Crippen molar-refractivity contribution in [1.82, 2.24) is 15.6 Å². The molecule has 0 spiro atoms. The number of aromatic nitrogens is 2. The molecule has 1 heterocycles. The summed E-state index contributed by atoms with van der Waals surface area (Å²) < 4.78 is 4.52. The maximum atomic E-state index is 11.8. The van der Waals surface area contributed by atoms with Gasteiger partial charge in [0.15, 0.2) is 5.69 Å². The molecule has 1 amide bonds. The zero-order chi connectivity index (χ0) is 12.1. The van der Waals surface area contributed by atoms with E-state index < -0.39 is 0 Å². The van der Waals surface area contributed by atoms with Crippen molar-refractivity contribution in [2.75, 3.05) is 6.54 Å². The molecule has 0 bridgehead atoms. The van der Waals surface area contributed by atoms with Gasteiger partial charge in [-0.25, -0.2) is 4.63 Å². The second kappa shape index (κ2) is 5.80. The minimum atomic E-state index is -0.173. The zero-order valence-electron chi connectivity index (χ0n) is 10.2. The maximum Gasteiger partial charge on any atom is 0.275 e. The average Bonchev–Trinajstić information content (AvgIpc) is 2.61. The number of aryl methyl sites for hydroxylation is 1. The maximum absolute atomic E-state index is 11.8. The van der Waals surface area contributed by atoms with Gasteiger partial charge in [0.25, 0.3) is 5.91 Å². The second-order valence-corrected chi connectivity index (χ2v) is 4.77. The molecule has 1 saturated carbocycles. The topological polar surface area (TPSA) is 68.0 Å². The minimum absolute atomic E-state index is 0.173. The Balaban J connectivity index is 1.81. The van der Waals surface area contributed by atoms with Crippen molar-refractivity contribution in [3.05, 3.63) is 11.4 Å². The number of carbonyl (C=O) groups is 1. The molecule has 17 heavy (non-hydrogen) atoms. The van der Waals surface area contributed by atoms with E-state index in [1.807, 2.05) is 0 Å². The number of nitrogens with zero attached hydrogens (tertiary/aromatic N) is 2. The number of hydrogen-bond donors (Lipinski definition) is 1. The summed E-state index contributed by atoms with van der Waals surface area (Å²) in [6, 6.07) is 0. The van der Waals surface area contributed by atoms with E-state index in [1.165, 1.54) is 38.5 Å².